The molecular formula is C15H15ClN4O6S. The van der Waals surface area contributed by atoms with Crippen molar-refractivity contribution < 1.29 is 27.5 Å². The fourth-order valence-electron chi connectivity index (χ4n) is 2.07. The van der Waals surface area contributed by atoms with Crippen molar-refractivity contribution in [3.8, 4) is 5.88 Å². The van der Waals surface area contributed by atoms with Gasteiger partial charge in [0.1, 0.15) is 10.0 Å². The number of rotatable bonds is 6. The summed E-state index contributed by atoms with van der Waals surface area (Å²) in [6.45, 7) is 1.60. The van der Waals surface area contributed by atoms with Gasteiger partial charge in [0, 0.05) is 6.07 Å². The van der Waals surface area contributed by atoms with Gasteiger partial charge in [0.05, 0.1) is 19.3 Å². The SMILES string of the molecule is CCOC(=O)c1ccccc1S(=O)(=O)N(C(N)=O)c1nc(Cl)cc(OC)n1. The lowest BCUT2D eigenvalue weighted by Gasteiger charge is -2.20. The monoisotopic (exact) mass is 414 g/mol. The maximum absolute atomic E-state index is 13.1. The first-order valence-corrected chi connectivity index (χ1v) is 9.23. The lowest BCUT2D eigenvalue weighted by molar-refractivity contribution is 0.0521. The van der Waals surface area contributed by atoms with Gasteiger partial charge in [0.25, 0.3) is 16.0 Å². The maximum Gasteiger partial charge on any atom is 0.339 e. The highest BCUT2D eigenvalue weighted by Gasteiger charge is 2.35. The fraction of sp³-hybridized carbons (Fsp3) is 0.200. The summed E-state index contributed by atoms with van der Waals surface area (Å²) < 4.78 is 36.0. The van der Waals surface area contributed by atoms with E-state index < -0.39 is 32.9 Å². The van der Waals surface area contributed by atoms with E-state index in [1.165, 1.54) is 31.4 Å². The van der Waals surface area contributed by atoms with Crippen LogP contribution < -0.4 is 14.8 Å². The van der Waals surface area contributed by atoms with Crippen LogP contribution in [-0.4, -0.2) is 44.1 Å². The quantitative estimate of drug-likeness (QED) is 0.554. The van der Waals surface area contributed by atoms with Crippen LogP contribution in [0.25, 0.3) is 0 Å². The second-order valence-corrected chi connectivity index (χ2v) is 7.00. The Morgan fingerprint density at radius 1 is 1.26 bits per heavy atom. The molecule has 0 aliphatic heterocycles. The zero-order valence-corrected chi connectivity index (χ0v) is 15.8. The second kappa shape index (κ2) is 8.18. The number of ether oxygens (including phenoxy) is 2. The molecule has 0 aliphatic carbocycles. The summed E-state index contributed by atoms with van der Waals surface area (Å²) in [5.74, 6) is -1.61. The van der Waals surface area contributed by atoms with Gasteiger partial charge in [-0.15, -0.1) is 4.31 Å². The molecule has 27 heavy (non-hydrogen) atoms. The summed E-state index contributed by atoms with van der Waals surface area (Å²) in [7, 11) is -3.40. The van der Waals surface area contributed by atoms with Gasteiger partial charge in [-0.05, 0) is 19.1 Å². The van der Waals surface area contributed by atoms with Crippen LogP contribution >= 0.6 is 11.6 Å². The van der Waals surface area contributed by atoms with Gasteiger partial charge in [-0.3, -0.25) is 0 Å². The molecule has 2 amide bonds. The molecule has 2 rings (SSSR count). The topological polar surface area (TPSA) is 142 Å². The summed E-state index contributed by atoms with van der Waals surface area (Å²) in [5, 5.41) is -0.183. The number of carbonyl (C=O) groups excluding carboxylic acids is 2. The number of halogens is 1. The number of aromatic nitrogens is 2. The molecule has 0 unspecified atom stereocenters. The lowest BCUT2D eigenvalue weighted by atomic mass is 10.2. The normalized spacial score (nSPS) is 10.9. The minimum atomic E-state index is -4.67. The van der Waals surface area contributed by atoms with Gasteiger partial charge >= 0.3 is 12.0 Å². The van der Waals surface area contributed by atoms with Gasteiger partial charge in [-0.25, -0.2) is 18.0 Å². The fourth-order valence-corrected chi connectivity index (χ4v) is 3.65. The highest BCUT2D eigenvalue weighted by atomic mass is 35.5. The van der Waals surface area contributed by atoms with Crippen LogP contribution in [0.4, 0.5) is 10.7 Å². The van der Waals surface area contributed by atoms with Crippen molar-refractivity contribution in [2.45, 2.75) is 11.8 Å². The number of urea groups is 1. The van der Waals surface area contributed by atoms with E-state index >= 15 is 0 Å². The average Bonchev–Trinajstić information content (AvgIpc) is 2.61. The number of primary amides is 1. The molecule has 0 aliphatic rings. The van der Waals surface area contributed by atoms with Gasteiger partial charge in [-0.2, -0.15) is 9.97 Å². The number of carbonyl (C=O) groups is 2. The molecule has 1 aromatic carbocycles. The molecule has 0 atom stereocenters. The van der Waals surface area contributed by atoms with E-state index in [0.29, 0.717) is 0 Å². The van der Waals surface area contributed by atoms with E-state index in [0.717, 1.165) is 6.07 Å². The molecule has 0 saturated heterocycles. The van der Waals surface area contributed by atoms with E-state index in [1.54, 1.807) is 6.92 Å². The van der Waals surface area contributed by atoms with E-state index in [9.17, 15) is 18.0 Å². The first-order valence-electron chi connectivity index (χ1n) is 7.41. The predicted molar refractivity (Wildman–Crippen MR) is 95.2 cm³/mol. The molecule has 12 heteroatoms. The minimum absolute atomic E-state index is 0.0291. The standard InChI is InChI=1S/C15H15ClN4O6S/c1-3-26-13(21)9-6-4-5-7-10(9)27(23,24)20(14(17)22)15-18-11(16)8-12(19-15)25-2/h4-8H,3H2,1-2H3,(H2,17,22). The van der Waals surface area contributed by atoms with E-state index in [-0.39, 0.29) is 27.5 Å². The Balaban J connectivity index is 2.67. The summed E-state index contributed by atoms with van der Waals surface area (Å²) >= 11 is 5.82. The Morgan fingerprint density at radius 2 is 1.93 bits per heavy atom. The number of esters is 1. The van der Waals surface area contributed by atoms with Crippen molar-refractivity contribution in [3.05, 3.63) is 41.0 Å². The molecule has 1 heterocycles. The van der Waals surface area contributed by atoms with Crippen molar-refractivity contribution in [2.24, 2.45) is 5.73 Å². The highest BCUT2D eigenvalue weighted by Crippen LogP contribution is 2.26. The number of nitrogens with two attached hydrogens (primary N) is 1. The van der Waals surface area contributed by atoms with Crippen LogP contribution in [0.2, 0.25) is 5.15 Å². The number of hydrogen-bond donors (Lipinski definition) is 1. The first kappa shape index (κ1) is 20.4. The Kier molecular flexibility index (Phi) is 6.18. The molecule has 1 aromatic heterocycles. The van der Waals surface area contributed by atoms with Gasteiger partial charge < -0.3 is 15.2 Å². The maximum atomic E-state index is 13.1. The van der Waals surface area contributed by atoms with E-state index in [1.807, 2.05) is 0 Å². The summed E-state index contributed by atoms with van der Waals surface area (Å²) in [5.41, 5.74) is 4.97. The number of hydrogen-bond acceptors (Lipinski definition) is 8. The third-order valence-electron chi connectivity index (χ3n) is 3.15. The number of amides is 2. The summed E-state index contributed by atoms with van der Waals surface area (Å²) in [6, 6.07) is 4.98. The Bertz CT molecular complexity index is 982. The molecule has 0 fully saturated rings. The van der Waals surface area contributed by atoms with E-state index in [2.05, 4.69) is 9.97 Å². The number of methoxy groups -OCH3 is 1. The minimum Gasteiger partial charge on any atom is -0.481 e. The second-order valence-electron chi connectivity index (χ2n) is 4.86. The Labute approximate surface area is 159 Å². The van der Waals surface area contributed by atoms with Crippen molar-refractivity contribution >= 4 is 39.6 Å². The molecule has 0 spiro atoms. The van der Waals surface area contributed by atoms with Crippen molar-refractivity contribution in [2.75, 3.05) is 18.0 Å². The van der Waals surface area contributed by atoms with Crippen molar-refractivity contribution in [3.63, 3.8) is 0 Å². The molecule has 0 radical (unpaired) electrons. The molecule has 2 N–H and O–H groups in total. The first-order chi connectivity index (χ1) is 12.7. The Hall–Kier alpha value is -2.92. The smallest absolute Gasteiger partial charge is 0.339 e. The zero-order valence-electron chi connectivity index (χ0n) is 14.2. The lowest BCUT2D eigenvalue weighted by Crippen LogP contribution is -2.42. The van der Waals surface area contributed by atoms with Crippen LogP contribution in [0.5, 0.6) is 5.88 Å². The molecule has 0 saturated carbocycles. The number of sulfonamides is 1. The van der Waals surface area contributed by atoms with Crippen molar-refractivity contribution in [1.82, 2.24) is 9.97 Å². The number of nitrogens with zero attached hydrogens (tertiary/aromatic N) is 3. The largest absolute Gasteiger partial charge is 0.481 e. The Morgan fingerprint density at radius 3 is 2.52 bits per heavy atom. The molecule has 0 bridgehead atoms. The van der Waals surface area contributed by atoms with Crippen LogP contribution in [0.3, 0.4) is 0 Å². The number of anilines is 1. The van der Waals surface area contributed by atoms with Crippen LogP contribution in [0.1, 0.15) is 17.3 Å². The third kappa shape index (κ3) is 4.26. The van der Waals surface area contributed by atoms with E-state index in [4.69, 9.17) is 26.8 Å². The summed E-state index contributed by atoms with van der Waals surface area (Å²) in [4.78, 5) is 31.0. The third-order valence-corrected chi connectivity index (χ3v) is 5.08. The number of benzene rings is 1. The van der Waals surface area contributed by atoms with Gasteiger partial charge in [0.2, 0.25) is 5.88 Å². The molecular weight excluding hydrogens is 400 g/mol. The van der Waals surface area contributed by atoms with Gasteiger partial charge in [-0.1, -0.05) is 23.7 Å². The van der Waals surface area contributed by atoms with Crippen LogP contribution in [0, 0.1) is 0 Å². The molecule has 2 aromatic rings. The summed E-state index contributed by atoms with van der Waals surface area (Å²) in [6.07, 6.45) is 0. The molecule has 144 valence electrons. The molecule has 10 nitrogen and oxygen atoms in total. The predicted octanol–water partition coefficient (Wildman–Crippen LogP) is 1.59. The van der Waals surface area contributed by atoms with Crippen LogP contribution in [-0.2, 0) is 14.8 Å². The van der Waals surface area contributed by atoms with Crippen molar-refractivity contribution in [1.29, 1.82) is 0 Å². The average molecular weight is 415 g/mol. The highest BCUT2D eigenvalue weighted by molar-refractivity contribution is 7.93. The van der Waals surface area contributed by atoms with Gasteiger partial charge in [0.15, 0.2) is 0 Å². The van der Waals surface area contributed by atoms with Crippen LogP contribution in [0.15, 0.2) is 35.2 Å². The zero-order chi connectivity index (χ0) is 20.2.